The first-order valence-corrected chi connectivity index (χ1v) is 16.2. The van der Waals surface area contributed by atoms with Gasteiger partial charge in [-0.1, -0.05) is 102 Å². The van der Waals surface area contributed by atoms with E-state index in [9.17, 15) is 4.79 Å². The van der Waals surface area contributed by atoms with Crippen LogP contribution in [0.25, 0.3) is 0 Å². The molecule has 0 aromatic heterocycles. The Labute approximate surface area is 242 Å². The Hall–Kier alpha value is -2.40. The van der Waals surface area contributed by atoms with Crippen molar-refractivity contribution in [1.82, 2.24) is 4.90 Å². The smallest absolute Gasteiger partial charge is 0.224 e. The number of hydrogen-bond acceptors (Lipinski definition) is 4. The molecule has 1 aliphatic rings. The molecule has 0 atom stereocenters. The van der Waals surface area contributed by atoms with Crippen molar-refractivity contribution in [3.8, 4) is 5.75 Å². The molecule has 0 fully saturated rings. The molecule has 2 aromatic rings. The summed E-state index contributed by atoms with van der Waals surface area (Å²) in [5, 5.41) is 0. The highest BCUT2D eigenvalue weighted by Gasteiger charge is 2.14. The molecule has 5 heteroatoms. The van der Waals surface area contributed by atoms with Crippen LogP contribution in [0.15, 0.2) is 59.6 Å². The Morgan fingerprint density at radius 2 is 1.51 bits per heavy atom. The van der Waals surface area contributed by atoms with Crippen LogP contribution in [0.2, 0.25) is 0 Å². The van der Waals surface area contributed by atoms with E-state index in [0.717, 1.165) is 42.4 Å². The van der Waals surface area contributed by atoms with Crippen LogP contribution in [-0.2, 0) is 17.9 Å². The van der Waals surface area contributed by atoms with Gasteiger partial charge in [0.15, 0.2) is 0 Å². The molecule has 0 saturated heterocycles. The summed E-state index contributed by atoms with van der Waals surface area (Å²) in [5.74, 6) is 1.94. The van der Waals surface area contributed by atoms with Crippen molar-refractivity contribution in [2.45, 2.75) is 111 Å². The second kappa shape index (κ2) is 18.0. The van der Waals surface area contributed by atoms with Crippen LogP contribution < -0.4 is 9.64 Å². The number of thioether (sulfide) groups is 1. The molecule has 1 heterocycles. The average Bonchev–Trinajstić information content (AvgIpc) is 3.35. The molecule has 0 unspecified atom stereocenters. The lowest BCUT2D eigenvalue weighted by Crippen LogP contribution is -2.27. The molecular formula is C34H50N2O2S. The van der Waals surface area contributed by atoms with Crippen LogP contribution in [0.4, 0.5) is 5.69 Å². The number of benzene rings is 2. The molecule has 3 rings (SSSR count). The quantitative estimate of drug-likeness (QED) is 0.163. The summed E-state index contributed by atoms with van der Waals surface area (Å²) in [6.07, 6.45) is 18.4. The zero-order valence-electron chi connectivity index (χ0n) is 24.6. The van der Waals surface area contributed by atoms with Gasteiger partial charge in [0.1, 0.15) is 5.75 Å². The molecule has 0 saturated carbocycles. The van der Waals surface area contributed by atoms with Crippen molar-refractivity contribution in [3.63, 3.8) is 0 Å². The van der Waals surface area contributed by atoms with Gasteiger partial charge in [-0.3, -0.25) is 4.79 Å². The normalized spacial score (nSPS) is 13.0. The lowest BCUT2D eigenvalue weighted by atomic mass is 10.1. The minimum Gasteiger partial charge on any atom is -0.494 e. The second-order valence-corrected chi connectivity index (χ2v) is 12.1. The summed E-state index contributed by atoms with van der Waals surface area (Å²) in [5.41, 5.74) is 3.26. The zero-order valence-corrected chi connectivity index (χ0v) is 25.4. The molecule has 1 amide bonds. The van der Waals surface area contributed by atoms with Gasteiger partial charge in [0.05, 0.1) is 19.0 Å². The molecule has 0 N–H and O–H groups in total. The molecule has 214 valence electrons. The minimum absolute atomic E-state index is 0.0417. The Morgan fingerprint density at radius 3 is 2.10 bits per heavy atom. The van der Waals surface area contributed by atoms with Crippen molar-refractivity contribution in [2.24, 2.45) is 0 Å². The summed E-state index contributed by atoms with van der Waals surface area (Å²) in [4.78, 5) is 18.0. The maximum Gasteiger partial charge on any atom is 0.224 e. The maximum absolute atomic E-state index is 12.5. The number of nitrogens with zero attached hydrogens (tertiary/aromatic N) is 2. The van der Waals surface area contributed by atoms with Crippen LogP contribution >= 0.6 is 11.8 Å². The highest BCUT2D eigenvalue weighted by Crippen LogP contribution is 2.27. The lowest BCUT2D eigenvalue weighted by Gasteiger charge is -2.22. The van der Waals surface area contributed by atoms with Gasteiger partial charge < -0.3 is 14.5 Å². The molecule has 1 aliphatic heterocycles. The Balaban J connectivity index is 1.35. The Kier molecular flexibility index (Phi) is 14.4. The topological polar surface area (TPSA) is 32.8 Å². The third-order valence-corrected chi connectivity index (χ3v) is 8.36. The summed E-state index contributed by atoms with van der Waals surface area (Å²) >= 11 is 1.88. The van der Waals surface area contributed by atoms with E-state index in [4.69, 9.17) is 4.74 Å². The summed E-state index contributed by atoms with van der Waals surface area (Å²) in [6, 6.07) is 16.6. The highest BCUT2D eigenvalue weighted by atomic mass is 32.2. The van der Waals surface area contributed by atoms with Gasteiger partial charge in [0.25, 0.3) is 0 Å². The predicted octanol–water partition coefficient (Wildman–Crippen LogP) is 9.69. The number of rotatable bonds is 19. The number of anilines is 1. The standard InChI is InChI=1S/C34H50N2O2S/c1-4-5-6-7-8-9-10-11-12-13-14-15-23-38-34-18-16-17-32(24-34)27-36(30(3)37)33-21-19-31(20-22-33)26-35-25-29(2)39-28-35/h16-22,24-25H,4-15,23,26-28H2,1-3H3. The van der Waals surface area contributed by atoms with E-state index in [1.807, 2.05) is 28.8 Å². The Bertz CT molecular complexity index is 1000. The zero-order chi connectivity index (χ0) is 27.7. The van der Waals surface area contributed by atoms with Crippen LogP contribution in [-0.4, -0.2) is 23.3 Å². The molecular weight excluding hydrogens is 500 g/mol. The van der Waals surface area contributed by atoms with E-state index in [1.165, 1.54) is 81.1 Å². The van der Waals surface area contributed by atoms with E-state index >= 15 is 0 Å². The van der Waals surface area contributed by atoms with E-state index in [1.54, 1.807) is 6.92 Å². The van der Waals surface area contributed by atoms with E-state index < -0.39 is 0 Å². The monoisotopic (exact) mass is 550 g/mol. The first kappa shape index (κ1) is 31.1. The van der Waals surface area contributed by atoms with Crippen molar-refractivity contribution in [3.05, 3.63) is 70.8 Å². The van der Waals surface area contributed by atoms with E-state index in [2.05, 4.69) is 61.3 Å². The number of carbonyl (C=O) groups excluding carboxylic acids is 1. The van der Waals surface area contributed by atoms with Crippen LogP contribution in [0.5, 0.6) is 5.75 Å². The van der Waals surface area contributed by atoms with Crippen molar-refractivity contribution >= 4 is 23.4 Å². The fourth-order valence-corrected chi connectivity index (χ4v) is 5.82. The van der Waals surface area contributed by atoms with Gasteiger partial charge in [0.2, 0.25) is 5.91 Å². The number of amides is 1. The van der Waals surface area contributed by atoms with Crippen molar-refractivity contribution < 1.29 is 9.53 Å². The fourth-order valence-electron chi connectivity index (χ4n) is 5.06. The number of unbranched alkanes of at least 4 members (excludes halogenated alkanes) is 11. The maximum atomic E-state index is 12.5. The number of carbonyl (C=O) groups is 1. The highest BCUT2D eigenvalue weighted by molar-refractivity contribution is 8.03. The fraction of sp³-hybridized carbons (Fsp3) is 0.559. The summed E-state index contributed by atoms with van der Waals surface area (Å²) in [6.45, 7) is 8.25. The van der Waals surface area contributed by atoms with Gasteiger partial charge in [-0.2, -0.15) is 0 Å². The molecule has 4 nitrogen and oxygen atoms in total. The van der Waals surface area contributed by atoms with Crippen molar-refractivity contribution in [1.29, 1.82) is 0 Å². The third-order valence-electron chi connectivity index (χ3n) is 7.34. The van der Waals surface area contributed by atoms with E-state index in [-0.39, 0.29) is 5.91 Å². The van der Waals surface area contributed by atoms with Gasteiger partial charge in [-0.05, 0) is 53.6 Å². The predicted molar refractivity (Wildman–Crippen MR) is 168 cm³/mol. The van der Waals surface area contributed by atoms with E-state index in [0.29, 0.717) is 6.54 Å². The van der Waals surface area contributed by atoms with Gasteiger partial charge in [-0.15, -0.1) is 11.8 Å². The van der Waals surface area contributed by atoms with Gasteiger partial charge in [-0.25, -0.2) is 0 Å². The number of ether oxygens (including phenoxy) is 1. The van der Waals surface area contributed by atoms with Crippen LogP contribution in [0.3, 0.4) is 0 Å². The second-order valence-electron chi connectivity index (χ2n) is 10.9. The lowest BCUT2D eigenvalue weighted by molar-refractivity contribution is -0.116. The first-order valence-electron chi connectivity index (χ1n) is 15.2. The summed E-state index contributed by atoms with van der Waals surface area (Å²) in [7, 11) is 0. The first-order chi connectivity index (χ1) is 19.0. The van der Waals surface area contributed by atoms with Crippen LogP contribution in [0.1, 0.15) is 109 Å². The molecule has 2 aromatic carbocycles. The Morgan fingerprint density at radius 1 is 0.872 bits per heavy atom. The molecule has 0 aliphatic carbocycles. The minimum atomic E-state index is 0.0417. The third kappa shape index (κ3) is 12.1. The molecule has 39 heavy (non-hydrogen) atoms. The average molecular weight is 551 g/mol. The van der Waals surface area contributed by atoms with Crippen molar-refractivity contribution in [2.75, 3.05) is 17.4 Å². The SMILES string of the molecule is CCCCCCCCCCCCCCOc1cccc(CN(C(C)=O)c2ccc(CN3C=C(C)SC3)cc2)c1. The van der Waals surface area contributed by atoms with Gasteiger partial charge in [0, 0.05) is 25.4 Å². The molecule has 0 radical (unpaired) electrons. The van der Waals surface area contributed by atoms with Gasteiger partial charge >= 0.3 is 0 Å². The summed E-state index contributed by atoms with van der Waals surface area (Å²) < 4.78 is 6.06. The van der Waals surface area contributed by atoms with Crippen LogP contribution in [0, 0.1) is 0 Å². The number of allylic oxidation sites excluding steroid dienone is 1. The number of hydrogen-bond donors (Lipinski definition) is 0. The molecule has 0 bridgehead atoms. The molecule has 0 spiro atoms. The largest absolute Gasteiger partial charge is 0.494 e.